The average Bonchev–Trinajstić information content (AvgIpc) is 1.70. The van der Waals surface area contributed by atoms with Crippen LogP contribution in [-0.2, 0) is 13.9 Å². The van der Waals surface area contributed by atoms with Gasteiger partial charge in [0.05, 0.1) is 0 Å². The smallest absolute Gasteiger partial charge is 0.324 e. The largest absolute Gasteiger partial charge is 0.342 e. The van der Waals surface area contributed by atoms with Gasteiger partial charge >= 0.3 is 15.2 Å². The molecule has 0 saturated heterocycles. The Morgan fingerprint density at radius 2 is 1.33 bits per heavy atom. The van der Waals surface area contributed by atoms with Crippen LogP contribution in [0.1, 0.15) is 20.8 Å². The zero-order valence-corrected chi connectivity index (χ0v) is 17.5. The summed E-state index contributed by atoms with van der Waals surface area (Å²) < 4.78 is 20.6. The maximum atomic E-state index is 11.1. The van der Waals surface area contributed by atoms with Gasteiger partial charge in [0.25, 0.3) is 0 Å². The first-order valence-electron chi connectivity index (χ1n) is 4.08. The molecule has 0 fully saturated rings. The minimum Gasteiger partial charge on any atom is -0.324 e. The zero-order valence-electron chi connectivity index (χ0n) is 10.9. The molecule has 0 unspecified atom stereocenters. The Morgan fingerprint density at radius 1 is 1.06 bits per heavy atom. The minimum absolute atomic E-state index is 0. The summed E-state index contributed by atoms with van der Waals surface area (Å²) in [5, 5.41) is -2.67. The standard InChI is InChI=1S/C6H14O7P2S.2Na/c1-4(7)16-6(2,3)5(14(8,9)10)15(11,12)13;;/h5H,1-3H3,(H2,8,9,10)(H2,11,12,13);;. The number of rotatable bonds is 4. The maximum absolute atomic E-state index is 11.1. The third kappa shape index (κ3) is 8.57. The van der Waals surface area contributed by atoms with Gasteiger partial charge in [-0.3, -0.25) is 13.9 Å². The predicted molar refractivity (Wildman–Crippen MR) is 71.7 cm³/mol. The number of thioether (sulfide) groups is 1. The molecule has 0 aliphatic carbocycles. The van der Waals surface area contributed by atoms with E-state index in [0.717, 1.165) is 6.92 Å². The summed E-state index contributed by atoms with van der Waals surface area (Å²) in [4.78, 5) is 46.7. The summed E-state index contributed by atoms with van der Waals surface area (Å²) in [7, 11) is -10.0. The van der Waals surface area contributed by atoms with Crippen molar-refractivity contribution < 1.29 is 33.5 Å². The molecule has 0 atom stereocenters. The van der Waals surface area contributed by atoms with Gasteiger partial charge < -0.3 is 19.6 Å². The van der Waals surface area contributed by atoms with E-state index in [1.807, 2.05) is 0 Å². The van der Waals surface area contributed by atoms with Crippen LogP contribution in [-0.4, -0.2) is 94.0 Å². The summed E-state index contributed by atoms with van der Waals surface area (Å²) in [5.74, 6) is 0. The minimum atomic E-state index is -5.01. The van der Waals surface area contributed by atoms with E-state index in [2.05, 4.69) is 0 Å². The molecule has 4 N–H and O–H groups in total. The van der Waals surface area contributed by atoms with Crippen LogP contribution in [0, 0.1) is 0 Å². The van der Waals surface area contributed by atoms with Crippen molar-refractivity contribution in [2.24, 2.45) is 0 Å². The van der Waals surface area contributed by atoms with E-state index in [0.29, 0.717) is 11.8 Å². The zero-order chi connectivity index (χ0) is 13.4. The normalized spacial score (nSPS) is 12.7. The van der Waals surface area contributed by atoms with Crippen molar-refractivity contribution in [2.45, 2.75) is 30.9 Å². The Kier molecular flexibility index (Phi) is 12.2. The van der Waals surface area contributed by atoms with E-state index in [4.69, 9.17) is 19.6 Å². The Labute approximate surface area is 154 Å². The summed E-state index contributed by atoms with van der Waals surface area (Å²) in [6.45, 7) is 3.58. The van der Waals surface area contributed by atoms with Crippen molar-refractivity contribution in [1.29, 1.82) is 0 Å². The van der Waals surface area contributed by atoms with Crippen LogP contribution in [0.4, 0.5) is 0 Å². The van der Waals surface area contributed by atoms with Gasteiger partial charge in [-0.05, 0) is 13.8 Å². The van der Waals surface area contributed by atoms with Gasteiger partial charge in [0.15, 0.2) is 10.5 Å². The Morgan fingerprint density at radius 3 is 1.50 bits per heavy atom. The van der Waals surface area contributed by atoms with Crippen molar-refractivity contribution >= 4 is 91.2 Å². The first kappa shape index (κ1) is 25.3. The molecule has 0 aliphatic heterocycles. The van der Waals surface area contributed by atoms with Crippen LogP contribution in [0.25, 0.3) is 0 Å². The first-order valence-corrected chi connectivity index (χ1v) is 8.26. The molecule has 0 aromatic heterocycles. The van der Waals surface area contributed by atoms with E-state index in [-0.39, 0.29) is 59.1 Å². The molecule has 2 radical (unpaired) electrons. The fourth-order valence-electron chi connectivity index (χ4n) is 1.43. The molecule has 0 spiro atoms. The van der Waals surface area contributed by atoms with Crippen molar-refractivity contribution in [3.05, 3.63) is 0 Å². The van der Waals surface area contributed by atoms with Crippen molar-refractivity contribution in [3.8, 4) is 0 Å². The molecule has 18 heavy (non-hydrogen) atoms. The Hall–Kier alpha value is 2.32. The molecule has 0 bridgehead atoms. The third-order valence-electron chi connectivity index (χ3n) is 1.67. The van der Waals surface area contributed by atoms with Crippen LogP contribution < -0.4 is 0 Å². The van der Waals surface area contributed by atoms with Crippen LogP contribution in [0.5, 0.6) is 0 Å². The van der Waals surface area contributed by atoms with Gasteiger partial charge in [-0.25, -0.2) is 0 Å². The second kappa shape index (κ2) is 8.69. The molecule has 0 rings (SSSR count). The monoisotopic (exact) mass is 338 g/mol. The van der Waals surface area contributed by atoms with Crippen molar-refractivity contribution in [3.63, 3.8) is 0 Å². The van der Waals surface area contributed by atoms with Crippen LogP contribution in [0.2, 0.25) is 0 Å². The maximum Gasteiger partial charge on any atom is 0.342 e. The number of hydrogen-bond donors (Lipinski definition) is 4. The first-order chi connectivity index (χ1) is 6.78. The fraction of sp³-hybridized carbons (Fsp3) is 0.833. The number of carbonyl (C=O) groups excluding carboxylic acids is 1. The number of hydrogen-bond acceptors (Lipinski definition) is 4. The number of carbonyl (C=O) groups is 1. The van der Waals surface area contributed by atoms with Gasteiger partial charge in [0.1, 0.15) is 0 Å². The summed E-state index contributed by atoms with van der Waals surface area (Å²) in [6.07, 6.45) is 0. The van der Waals surface area contributed by atoms with Gasteiger partial charge in [-0.2, -0.15) is 0 Å². The molecule has 0 saturated carbocycles. The molecule has 12 heteroatoms. The fourth-order valence-corrected chi connectivity index (χ4v) is 6.60. The molecular weight excluding hydrogens is 324 g/mol. The molecule has 98 valence electrons. The molecule has 0 aromatic carbocycles. The van der Waals surface area contributed by atoms with Crippen molar-refractivity contribution in [1.82, 2.24) is 0 Å². The van der Waals surface area contributed by atoms with Gasteiger partial charge in [0, 0.05) is 70.8 Å². The van der Waals surface area contributed by atoms with E-state index in [1.165, 1.54) is 13.8 Å². The molecule has 7 nitrogen and oxygen atoms in total. The van der Waals surface area contributed by atoms with Gasteiger partial charge in [0.2, 0.25) is 0 Å². The molecule has 0 amide bonds. The van der Waals surface area contributed by atoms with Gasteiger partial charge in [-0.15, -0.1) is 0 Å². The van der Waals surface area contributed by atoms with E-state index in [9.17, 15) is 13.9 Å². The Balaban J connectivity index is -0.00000112. The SMILES string of the molecule is CC(=O)SC(C)(C)C(P(=O)(O)O)P(=O)(O)O.[Na].[Na]. The molecule has 0 aromatic rings. The van der Waals surface area contributed by atoms with Crippen LogP contribution >= 0.6 is 27.0 Å². The molecule has 0 aliphatic rings. The molecule has 0 heterocycles. The molecular formula is C6H14Na2O7P2S. The summed E-state index contributed by atoms with van der Waals surface area (Å²) in [5.41, 5.74) is 0. The van der Waals surface area contributed by atoms with E-state index < -0.39 is 30.5 Å². The predicted octanol–water partition coefficient (Wildman–Crippen LogP) is -0.0354. The topological polar surface area (TPSA) is 132 Å². The third-order valence-corrected chi connectivity index (χ3v) is 7.43. The summed E-state index contributed by atoms with van der Waals surface area (Å²) >= 11 is 0.495. The Bertz CT molecular complexity index is 354. The average molecular weight is 338 g/mol. The van der Waals surface area contributed by atoms with Crippen LogP contribution in [0.15, 0.2) is 0 Å². The second-order valence-corrected chi connectivity index (χ2v) is 9.38. The van der Waals surface area contributed by atoms with E-state index in [1.54, 1.807) is 0 Å². The van der Waals surface area contributed by atoms with Gasteiger partial charge in [-0.1, -0.05) is 11.8 Å². The van der Waals surface area contributed by atoms with Crippen molar-refractivity contribution in [2.75, 3.05) is 0 Å². The van der Waals surface area contributed by atoms with E-state index >= 15 is 0 Å². The van der Waals surface area contributed by atoms with Crippen LogP contribution in [0.3, 0.4) is 0 Å². The quantitative estimate of drug-likeness (QED) is 0.415. The second-order valence-electron chi connectivity index (χ2n) is 3.75. The summed E-state index contributed by atoms with van der Waals surface area (Å²) in [6, 6.07) is 0.